The lowest BCUT2D eigenvalue weighted by molar-refractivity contribution is -0.131. The maximum Gasteiger partial charge on any atom is 0.223 e. The fraction of sp³-hybridized carbons (Fsp3) is 0.364. The van der Waals surface area contributed by atoms with Gasteiger partial charge in [-0.1, -0.05) is 23.7 Å². The lowest BCUT2D eigenvalue weighted by Gasteiger charge is -2.32. The summed E-state index contributed by atoms with van der Waals surface area (Å²) < 4.78 is 25.5. The van der Waals surface area contributed by atoms with Gasteiger partial charge < -0.3 is 10.2 Å². The Kier molecular flexibility index (Phi) is 6.50. The van der Waals surface area contributed by atoms with Crippen LogP contribution in [0.2, 0.25) is 5.02 Å². The highest BCUT2D eigenvalue weighted by Crippen LogP contribution is 2.24. The topological polar surface area (TPSA) is 79.4 Å². The van der Waals surface area contributed by atoms with Gasteiger partial charge in [-0.3, -0.25) is 4.79 Å². The van der Waals surface area contributed by atoms with Crippen molar-refractivity contribution in [3.63, 3.8) is 0 Å². The van der Waals surface area contributed by atoms with Gasteiger partial charge in [-0.15, -0.1) is 11.3 Å². The third-order valence-corrected chi connectivity index (χ3v) is 8.31. The average Bonchev–Trinajstić information content (AvgIpc) is 3.16. The molecule has 0 bridgehead atoms. The molecular formula is C22H24ClN3O3S2. The Morgan fingerprint density at radius 2 is 1.90 bits per heavy atom. The predicted octanol–water partition coefficient (Wildman–Crippen LogP) is 4.53. The van der Waals surface area contributed by atoms with Crippen LogP contribution in [0.3, 0.4) is 0 Å². The Balaban J connectivity index is 1.31. The average molecular weight is 478 g/mol. The number of rotatable bonds is 6. The first-order valence-corrected chi connectivity index (χ1v) is 13.0. The van der Waals surface area contributed by atoms with Crippen molar-refractivity contribution in [2.45, 2.75) is 37.1 Å². The molecule has 4 rings (SSSR count). The number of hydrogen-bond acceptors (Lipinski definition) is 6. The number of aromatic nitrogens is 1. The van der Waals surface area contributed by atoms with Crippen LogP contribution in [0.5, 0.6) is 0 Å². The first-order chi connectivity index (χ1) is 14.8. The normalized spacial score (nSPS) is 15.4. The van der Waals surface area contributed by atoms with E-state index in [-0.39, 0.29) is 29.0 Å². The number of halogens is 1. The number of benzene rings is 2. The van der Waals surface area contributed by atoms with Gasteiger partial charge in [0.2, 0.25) is 5.91 Å². The van der Waals surface area contributed by atoms with Gasteiger partial charge in [-0.25, -0.2) is 13.4 Å². The summed E-state index contributed by atoms with van der Waals surface area (Å²) in [5.41, 5.74) is 0. The Hall–Kier alpha value is -2.16. The van der Waals surface area contributed by atoms with E-state index in [1.54, 1.807) is 52.6 Å². The second kappa shape index (κ2) is 9.14. The number of likely N-dealkylation sites (tertiary alicyclic amines) is 1. The van der Waals surface area contributed by atoms with Gasteiger partial charge >= 0.3 is 0 Å². The number of carbonyl (C=O) groups is 1. The molecule has 2 aromatic carbocycles. The van der Waals surface area contributed by atoms with Crippen molar-refractivity contribution in [2.75, 3.05) is 24.2 Å². The second-order valence-corrected chi connectivity index (χ2v) is 11.6. The molecule has 0 atom stereocenters. The predicted molar refractivity (Wildman–Crippen MR) is 126 cm³/mol. The summed E-state index contributed by atoms with van der Waals surface area (Å²) >= 11 is 7.61. The summed E-state index contributed by atoms with van der Waals surface area (Å²) in [6.07, 6.45) is 3.48. The Labute approximate surface area is 191 Å². The SMILES string of the molecule is Cc1cnc(NC2CCN(C(=O)CCS(=O)(=O)c3ccc4cc(Cl)ccc4c3)CC2)s1. The first kappa shape index (κ1) is 22.0. The highest BCUT2D eigenvalue weighted by atomic mass is 35.5. The molecule has 0 unspecified atom stereocenters. The number of nitrogens with one attached hydrogen (secondary N) is 1. The molecule has 1 aliphatic rings. The molecule has 164 valence electrons. The summed E-state index contributed by atoms with van der Waals surface area (Å²) in [6, 6.07) is 10.6. The standard InChI is InChI=1S/C22H24ClN3O3S2/c1-15-14-24-22(30-15)25-19-6-9-26(10-7-19)21(27)8-11-31(28,29)20-5-3-16-12-18(23)4-2-17(16)13-20/h2-5,12-14,19H,6-11H2,1H3,(H,24,25). The third-order valence-electron chi connectivity index (χ3n) is 5.51. The van der Waals surface area contributed by atoms with Crippen molar-refractivity contribution in [1.82, 2.24) is 9.88 Å². The molecule has 6 nitrogen and oxygen atoms in total. The minimum Gasteiger partial charge on any atom is -0.359 e. The van der Waals surface area contributed by atoms with Crippen LogP contribution in [0.1, 0.15) is 24.1 Å². The zero-order valence-corrected chi connectivity index (χ0v) is 19.6. The monoisotopic (exact) mass is 477 g/mol. The molecule has 2 heterocycles. The van der Waals surface area contributed by atoms with Crippen molar-refractivity contribution in [3.8, 4) is 0 Å². The number of aryl methyl sites for hydroxylation is 1. The van der Waals surface area contributed by atoms with Gasteiger partial charge in [0.1, 0.15) is 0 Å². The van der Waals surface area contributed by atoms with Crippen molar-refractivity contribution >= 4 is 54.6 Å². The molecule has 1 saturated heterocycles. The van der Waals surface area contributed by atoms with Crippen molar-refractivity contribution in [2.24, 2.45) is 0 Å². The number of carbonyl (C=O) groups excluding carboxylic acids is 1. The molecule has 0 saturated carbocycles. The van der Waals surface area contributed by atoms with Crippen LogP contribution in [0.25, 0.3) is 10.8 Å². The molecular weight excluding hydrogens is 454 g/mol. The molecule has 9 heteroatoms. The molecule has 1 aliphatic heterocycles. The van der Waals surface area contributed by atoms with Gasteiger partial charge in [0.25, 0.3) is 0 Å². The summed E-state index contributed by atoms with van der Waals surface area (Å²) in [4.78, 5) is 20.1. The smallest absolute Gasteiger partial charge is 0.223 e. The lowest BCUT2D eigenvalue weighted by Crippen LogP contribution is -2.42. The Morgan fingerprint density at radius 3 is 2.61 bits per heavy atom. The fourth-order valence-corrected chi connectivity index (χ4v) is 5.94. The van der Waals surface area contributed by atoms with Crippen LogP contribution in [0.4, 0.5) is 5.13 Å². The largest absolute Gasteiger partial charge is 0.359 e. The highest BCUT2D eigenvalue weighted by Gasteiger charge is 2.25. The van der Waals surface area contributed by atoms with Crippen molar-refractivity contribution in [3.05, 3.63) is 52.5 Å². The van der Waals surface area contributed by atoms with Gasteiger partial charge in [-0.2, -0.15) is 0 Å². The van der Waals surface area contributed by atoms with E-state index in [1.165, 1.54) is 0 Å². The number of piperidine rings is 1. The minimum atomic E-state index is -3.54. The van der Waals surface area contributed by atoms with Gasteiger partial charge in [0, 0.05) is 41.6 Å². The number of anilines is 1. The summed E-state index contributed by atoms with van der Waals surface area (Å²) in [5, 5.41) is 6.63. The summed E-state index contributed by atoms with van der Waals surface area (Å²) in [6.45, 7) is 3.26. The molecule has 1 amide bonds. The van der Waals surface area contributed by atoms with E-state index in [9.17, 15) is 13.2 Å². The zero-order chi connectivity index (χ0) is 22.0. The lowest BCUT2D eigenvalue weighted by atomic mass is 10.1. The number of sulfone groups is 1. The van der Waals surface area contributed by atoms with E-state index < -0.39 is 9.84 Å². The quantitative estimate of drug-likeness (QED) is 0.564. The Bertz CT molecular complexity index is 1200. The van der Waals surface area contributed by atoms with Gasteiger partial charge in [0.15, 0.2) is 15.0 Å². The van der Waals surface area contributed by atoms with Crippen LogP contribution < -0.4 is 5.32 Å². The van der Waals surface area contributed by atoms with Crippen molar-refractivity contribution < 1.29 is 13.2 Å². The number of hydrogen-bond donors (Lipinski definition) is 1. The molecule has 3 aromatic rings. The fourth-order valence-electron chi connectivity index (χ4n) is 3.76. The number of nitrogens with zero attached hydrogens (tertiary/aromatic N) is 2. The molecule has 1 N–H and O–H groups in total. The van der Waals surface area contributed by atoms with Crippen LogP contribution in [-0.4, -0.2) is 49.1 Å². The number of fused-ring (bicyclic) bond motifs is 1. The van der Waals surface area contributed by atoms with E-state index in [4.69, 9.17) is 11.6 Å². The zero-order valence-electron chi connectivity index (χ0n) is 17.2. The second-order valence-electron chi connectivity index (χ2n) is 7.80. The van der Waals surface area contributed by atoms with Crippen LogP contribution in [0, 0.1) is 6.92 Å². The van der Waals surface area contributed by atoms with Gasteiger partial charge in [0.05, 0.1) is 10.6 Å². The van der Waals surface area contributed by atoms with E-state index in [0.717, 1.165) is 33.6 Å². The van der Waals surface area contributed by atoms with E-state index in [2.05, 4.69) is 10.3 Å². The van der Waals surface area contributed by atoms with Crippen LogP contribution >= 0.6 is 22.9 Å². The molecule has 1 aromatic heterocycles. The van der Waals surface area contributed by atoms with Crippen molar-refractivity contribution in [1.29, 1.82) is 0 Å². The summed E-state index contributed by atoms with van der Waals surface area (Å²) in [5.74, 6) is -0.304. The van der Waals surface area contributed by atoms with Gasteiger partial charge in [-0.05, 0) is 54.8 Å². The maximum atomic E-state index is 12.8. The molecule has 1 fully saturated rings. The molecule has 31 heavy (non-hydrogen) atoms. The number of amides is 1. The minimum absolute atomic E-state index is 0.00917. The van der Waals surface area contributed by atoms with E-state index >= 15 is 0 Å². The first-order valence-electron chi connectivity index (χ1n) is 10.2. The van der Waals surface area contributed by atoms with E-state index in [1.807, 2.05) is 13.1 Å². The summed E-state index contributed by atoms with van der Waals surface area (Å²) in [7, 11) is -3.54. The number of thiazole rings is 1. The van der Waals surface area contributed by atoms with Crippen LogP contribution in [0.15, 0.2) is 47.5 Å². The molecule has 0 radical (unpaired) electrons. The highest BCUT2D eigenvalue weighted by molar-refractivity contribution is 7.91. The van der Waals surface area contributed by atoms with Crippen LogP contribution in [-0.2, 0) is 14.6 Å². The maximum absolute atomic E-state index is 12.8. The Morgan fingerprint density at radius 1 is 1.19 bits per heavy atom. The molecule has 0 aliphatic carbocycles. The van der Waals surface area contributed by atoms with E-state index in [0.29, 0.717) is 18.1 Å². The third kappa shape index (κ3) is 5.37. The molecule has 0 spiro atoms.